The second-order valence-corrected chi connectivity index (χ2v) is 3.55. The summed E-state index contributed by atoms with van der Waals surface area (Å²) in [6, 6.07) is 5.23. The maximum Gasteiger partial charge on any atom is 0.251 e. The van der Waals surface area contributed by atoms with Gasteiger partial charge in [-0.15, -0.1) is 0 Å². The van der Waals surface area contributed by atoms with Crippen molar-refractivity contribution in [2.45, 2.75) is 20.3 Å². The lowest BCUT2D eigenvalue weighted by Gasteiger charge is -2.07. The van der Waals surface area contributed by atoms with E-state index in [1.54, 1.807) is 12.1 Å². The van der Waals surface area contributed by atoms with E-state index >= 15 is 0 Å². The van der Waals surface area contributed by atoms with Gasteiger partial charge in [0.25, 0.3) is 5.91 Å². The molecular formula is C12H16N2O2. The van der Waals surface area contributed by atoms with Crippen molar-refractivity contribution in [3.63, 3.8) is 0 Å². The first-order valence-electron chi connectivity index (χ1n) is 5.28. The summed E-state index contributed by atoms with van der Waals surface area (Å²) in [5, 5.41) is 5.35. The van der Waals surface area contributed by atoms with E-state index in [0.29, 0.717) is 24.2 Å². The topological polar surface area (TPSA) is 58.2 Å². The molecule has 0 radical (unpaired) electrons. The maximum absolute atomic E-state index is 11.6. The van der Waals surface area contributed by atoms with Gasteiger partial charge in [-0.25, -0.2) is 0 Å². The molecule has 2 amide bonds. The molecule has 1 aromatic carbocycles. The van der Waals surface area contributed by atoms with Crippen LogP contribution in [0.5, 0.6) is 0 Å². The lowest BCUT2D eigenvalue weighted by molar-refractivity contribution is -0.105. The fraction of sp³-hybridized carbons (Fsp3) is 0.333. The molecule has 4 nitrogen and oxygen atoms in total. The summed E-state index contributed by atoms with van der Waals surface area (Å²) in [6.45, 7) is 4.53. The lowest BCUT2D eigenvalue weighted by Crippen LogP contribution is -2.24. The molecule has 0 atom stereocenters. The summed E-state index contributed by atoms with van der Waals surface area (Å²) in [6.07, 6.45) is 1.51. The zero-order valence-corrected chi connectivity index (χ0v) is 9.54. The van der Waals surface area contributed by atoms with E-state index in [1.165, 1.54) is 0 Å². The number of carbonyl (C=O) groups is 2. The molecule has 0 aliphatic rings. The van der Waals surface area contributed by atoms with Crippen LogP contribution in [0.25, 0.3) is 0 Å². The number of hydrogen-bond acceptors (Lipinski definition) is 2. The van der Waals surface area contributed by atoms with Gasteiger partial charge in [-0.1, -0.05) is 13.0 Å². The standard InChI is InChI=1S/C12H16N2O2/c1-3-6-13-12(16)10-5-4-9(2)11(7-10)14-8-15/h4-5,7-8H,3,6H2,1-2H3,(H,13,16)(H,14,15). The van der Waals surface area contributed by atoms with Crippen molar-refractivity contribution in [1.82, 2.24) is 5.32 Å². The Balaban J connectivity index is 2.84. The molecule has 2 N–H and O–H groups in total. The third-order valence-electron chi connectivity index (χ3n) is 2.25. The van der Waals surface area contributed by atoms with Gasteiger partial charge in [0.15, 0.2) is 0 Å². The van der Waals surface area contributed by atoms with Crippen LogP contribution in [0.15, 0.2) is 18.2 Å². The molecule has 0 bridgehead atoms. The van der Waals surface area contributed by atoms with Gasteiger partial charge in [-0.3, -0.25) is 9.59 Å². The number of nitrogens with one attached hydrogen (secondary N) is 2. The highest BCUT2D eigenvalue weighted by molar-refractivity contribution is 5.95. The van der Waals surface area contributed by atoms with E-state index in [9.17, 15) is 9.59 Å². The summed E-state index contributed by atoms with van der Waals surface area (Å²) >= 11 is 0. The van der Waals surface area contributed by atoms with E-state index in [1.807, 2.05) is 19.9 Å². The molecule has 0 saturated carbocycles. The first kappa shape index (κ1) is 12.2. The van der Waals surface area contributed by atoms with Gasteiger partial charge in [-0.05, 0) is 31.0 Å². The maximum atomic E-state index is 11.6. The number of anilines is 1. The highest BCUT2D eigenvalue weighted by Crippen LogP contribution is 2.16. The van der Waals surface area contributed by atoms with E-state index in [0.717, 1.165) is 12.0 Å². The summed E-state index contributed by atoms with van der Waals surface area (Å²) in [4.78, 5) is 22.0. The molecule has 0 spiro atoms. The van der Waals surface area contributed by atoms with E-state index < -0.39 is 0 Å². The first-order valence-corrected chi connectivity index (χ1v) is 5.28. The number of rotatable bonds is 5. The molecule has 0 saturated heterocycles. The molecular weight excluding hydrogens is 204 g/mol. The van der Waals surface area contributed by atoms with Crippen molar-refractivity contribution >= 4 is 18.0 Å². The van der Waals surface area contributed by atoms with Gasteiger partial charge in [0, 0.05) is 17.8 Å². The van der Waals surface area contributed by atoms with E-state index in [-0.39, 0.29) is 5.91 Å². The summed E-state index contributed by atoms with van der Waals surface area (Å²) < 4.78 is 0. The quantitative estimate of drug-likeness (QED) is 0.742. The monoisotopic (exact) mass is 220 g/mol. The molecule has 0 fully saturated rings. The molecule has 0 aliphatic carbocycles. The normalized spacial score (nSPS) is 9.62. The predicted octanol–water partition coefficient (Wildman–Crippen LogP) is 1.70. The number of hydrogen-bond donors (Lipinski definition) is 2. The number of benzene rings is 1. The van der Waals surface area contributed by atoms with Crippen LogP contribution in [0, 0.1) is 6.92 Å². The van der Waals surface area contributed by atoms with Crippen molar-refractivity contribution in [3.05, 3.63) is 29.3 Å². The van der Waals surface area contributed by atoms with Gasteiger partial charge < -0.3 is 10.6 Å². The third-order valence-corrected chi connectivity index (χ3v) is 2.25. The Morgan fingerprint density at radius 3 is 2.81 bits per heavy atom. The van der Waals surface area contributed by atoms with Crippen LogP contribution in [0.1, 0.15) is 29.3 Å². The molecule has 0 heterocycles. The predicted molar refractivity (Wildman–Crippen MR) is 63.5 cm³/mol. The fourth-order valence-corrected chi connectivity index (χ4v) is 1.32. The van der Waals surface area contributed by atoms with Gasteiger partial charge in [0.1, 0.15) is 0 Å². The molecule has 1 rings (SSSR count). The highest BCUT2D eigenvalue weighted by Gasteiger charge is 2.06. The second-order valence-electron chi connectivity index (χ2n) is 3.55. The average molecular weight is 220 g/mol. The fourth-order valence-electron chi connectivity index (χ4n) is 1.32. The summed E-state index contributed by atoms with van der Waals surface area (Å²) in [7, 11) is 0. The largest absolute Gasteiger partial charge is 0.352 e. The molecule has 0 aliphatic heterocycles. The molecule has 0 aromatic heterocycles. The Labute approximate surface area is 95.0 Å². The minimum absolute atomic E-state index is 0.115. The zero-order chi connectivity index (χ0) is 12.0. The van der Waals surface area contributed by atoms with Gasteiger partial charge in [0.2, 0.25) is 6.41 Å². The van der Waals surface area contributed by atoms with Crippen LogP contribution in [-0.4, -0.2) is 18.9 Å². The van der Waals surface area contributed by atoms with Crippen LogP contribution in [0.4, 0.5) is 5.69 Å². The van der Waals surface area contributed by atoms with Crippen molar-refractivity contribution < 1.29 is 9.59 Å². The van der Waals surface area contributed by atoms with Crippen molar-refractivity contribution in [2.24, 2.45) is 0 Å². The number of carbonyl (C=O) groups excluding carboxylic acids is 2. The summed E-state index contributed by atoms with van der Waals surface area (Å²) in [5.74, 6) is -0.115. The SMILES string of the molecule is CCCNC(=O)c1ccc(C)c(NC=O)c1. The van der Waals surface area contributed by atoms with Crippen LogP contribution in [0.3, 0.4) is 0 Å². The third kappa shape index (κ3) is 3.08. The minimum atomic E-state index is -0.115. The Bertz CT molecular complexity index is 389. The van der Waals surface area contributed by atoms with Gasteiger partial charge in [-0.2, -0.15) is 0 Å². The Morgan fingerprint density at radius 2 is 2.19 bits per heavy atom. The Hall–Kier alpha value is -1.84. The second kappa shape index (κ2) is 5.90. The van der Waals surface area contributed by atoms with E-state index in [4.69, 9.17) is 0 Å². The van der Waals surface area contributed by atoms with Crippen LogP contribution < -0.4 is 10.6 Å². The van der Waals surface area contributed by atoms with Crippen LogP contribution >= 0.6 is 0 Å². The first-order chi connectivity index (χ1) is 7.69. The number of amides is 2. The van der Waals surface area contributed by atoms with Crippen molar-refractivity contribution in [1.29, 1.82) is 0 Å². The zero-order valence-electron chi connectivity index (χ0n) is 9.54. The van der Waals surface area contributed by atoms with Crippen LogP contribution in [0.2, 0.25) is 0 Å². The van der Waals surface area contributed by atoms with Crippen molar-refractivity contribution in [2.75, 3.05) is 11.9 Å². The highest BCUT2D eigenvalue weighted by atomic mass is 16.1. The summed E-state index contributed by atoms with van der Waals surface area (Å²) in [5.41, 5.74) is 2.15. The van der Waals surface area contributed by atoms with Gasteiger partial charge in [0.05, 0.1) is 0 Å². The smallest absolute Gasteiger partial charge is 0.251 e. The molecule has 86 valence electrons. The Morgan fingerprint density at radius 1 is 1.44 bits per heavy atom. The van der Waals surface area contributed by atoms with E-state index in [2.05, 4.69) is 10.6 Å². The molecule has 1 aromatic rings. The molecule has 4 heteroatoms. The Kier molecular flexibility index (Phi) is 4.51. The van der Waals surface area contributed by atoms with Crippen LogP contribution in [-0.2, 0) is 4.79 Å². The number of aryl methyl sites for hydroxylation is 1. The lowest BCUT2D eigenvalue weighted by atomic mass is 10.1. The van der Waals surface area contributed by atoms with Gasteiger partial charge >= 0.3 is 0 Å². The minimum Gasteiger partial charge on any atom is -0.352 e. The molecule has 16 heavy (non-hydrogen) atoms. The molecule has 0 unspecified atom stereocenters. The average Bonchev–Trinajstić information content (AvgIpc) is 2.29. The van der Waals surface area contributed by atoms with Crippen molar-refractivity contribution in [3.8, 4) is 0 Å².